The average molecular weight is 185 g/mol. The quantitative estimate of drug-likeness (QED) is 0.766. The lowest BCUT2D eigenvalue weighted by atomic mass is 10.0. The van der Waals surface area contributed by atoms with Crippen LogP contribution in [0.4, 0.5) is 8.78 Å². The summed E-state index contributed by atoms with van der Waals surface area (Å²) in [6.07, 6.45) is -1.14. The molecule has 13 heavy (non-hydrogen) atoms. The molecule has 3 heteroatoms. The molecule has 2 atom stereocenters. The monoisotopic (exact) mass is 185 g/mol. The van der Waals surface area contributed by atoms with Gasteiger partial charge in [0.15, 0.2) is 0 Å². The average Bonchev–Trinajstić information content (AvgIpc) is 2.08. The zero-order chi connectivity index (χ0) is 9.84. The first-order valence-electron chi connectivity index (χ1n) is 4.24. The fourth-order valence-corrected chi connectivity index (χ4v) is 1.06. The Morgan fingerprint density at radius 3 is 2.54 bits per heavy atom. The van der Waals surface area contributed by atoms with Crippen LogP contribution in [0, 0.1) is 5.82 Å². The van der Waals surface area contributed by atoms with E-state index in [1.54, 1.807) is 25.1 Å². The van der Waals surface area contributed by atoms with Gasteiger partial charge < -0.3 is 5.73 Å². The Labute approximate surface area is 76.6 Å². The van der Waals surface area contributed by atoms with Gasteiger partial charge in [0.05, 0.1) is 0 Å². The van der Waals surface area contributed by atoms with Gasteiger partial charge in [-0.2, -0.15) is 0 Å². The summed E-state index contributed by atoms with van der Waals surface area (Å²) >= 11 is 0. The molecule has 0 saturated carbocycles. The van der Waals surface area contributed by atoms with Crippen LogP contribution in [-0.4, -0.2) is 12.2 Å². The minimum absolute atomic E-state index is 0.0460. The van der Waals surface area contributed by atoms with E-state index in [9.17, 15) is 8.78 Å². The SMILES string of the molecule is CC(N)C(F)Cc1ccccc1F. The first kappa shape index (κ1) is 10.1. The molecule has 1 aromatic carbocycles. The van der Waals surface area contributed by atoms with Gasteiger partial charge >= 0.3 is 0 Å². The normalized spacial score (nSPS) is 15.4. The number of hydrogen-bond donors (Lipinski definition) is 1. The molecule has 0 amide bonds. The van der Waals surface area contributed by atoms with Crippen LogP contribution in [0.3, 0.4) is 0 Å². The number of benzene rings is 1. The third-order valence-corrected chi connectivity index (χ3v) is 1.94. The highest BCUT2D eigenvalue weighted by Gasteiger charge is 2.14. The van der Waals surface area contributed by atoms with Gasteiger partial charge in [0.1, 0.15) is 12.0 Å². The maximum atomic E-state index is 13.1. The van der Waals surface area contributed by atoms with E-state index in [1.165, 1.54) is 6.07 Å². The minimum atomic E-state index is -1.18. The van der Waals surface area contributed by atoms with E-state index in [0.717, 1.165) is 0 Å². The van der Waals surface area contributed by atoms with Crippen LogP contribution in [0.1, 0.15) is 12.5 Å². The molecule has 0 spiro atoms. The molecular formula is C10H13F2N. The smallest absolute Gasteiger partial charge is 0.126 e. The standard InChI is InChI=1S/C10H13F2N/c1-7(13)10(12)6-8-4-2-3-5-9(8)11/h2-5,7,10H,6,13H2,1H3. The Morgan fingerprint density at radius 2 is 2.00 bits per heavy atom. The lowest BCUT2D eigenvalue weighted by molar-refractivity contribution is 0.288. The summed E-state index contributed by atoms with van der Waals surface area (Å²) in [6.45, 7) is 1.57. The molecule has 0 aliphatic carbocycles. The number of hydrogen-bond acceptors (Lipinski definition) is 1. The van der Waals surface area contributed by atoms with Gasteiger partial charge in [-0.25, -0.2) is 8.78 Å². The van der Waals surface area contributed by atoms with Gasteiger partial charge in [-0.1, -0.05) is 18.2 Å². The number of nitrogens with two attached hydrogens (primary N) is 1. The molecule has 1 rings (SSSR count). The third kappa shape index (κ3) is 2.77. The van der Waals surface area contributed by atoms with E-state index in [-0.39, 0.29) is 12.2 Å². The van der Waals surface area contributed by atoms with Crippen LogP contribution in [-0.2, 0) is 6.42 Å². The summed E-state index contributed by atoms with van der Waals surface area (Å²) in [6, 6.07) is 5.61. The van der Waals surface area contributed by atoms with Gasteiger partial charge in [0.25, 0.3) is 0 Å². The fourth-order valence-electron chi connectivity index (χ4n) is 1.06. The maximum Gasteiger partial charge on any atom is 0.126 e. The van der Waals surface area contributed by atoms with E-state index < -0.39 is 12.2 Å². The zero-order valence-corrected chi connectivity index (χ0v) is 7.50. The minimum Gasteiger partial charge on any atom is -0.325 e. The van der Waals surface area contributed by atoms with Crippen LogP contribution in [0.2, 0.25) is 0 Å². The number of rotatable bonds is 3. The van der Waals surface area contributed by atoms with Gasteiger partial charge in [-0.15, -0.1) is 0 Å². The van der Waals surface area contributed by atoms with Crippen molar-refractivity contribution in [1.29, 1.82) is 0 Å². The lowest BCUT2D eigenvalue weighted by Crippen LogP contribution is -2.29. The Bertz CT molecular complexity index is 273. The molecule has 2 N–H and O–H groups in total. The second-order valence-corrected chi connectivity index (χ2v) is 3.17. The molecule has 72 valence electrons. The number of alkyl halides is 1. The van der Waals surface area contributed by atoms with Crippen LogP contribution in [0.5, 0.6) is 0 Å². The second kappa shape index (κ2) is 4.33. The molecule has 0 aliphatic rings. The van der Waals surface area contributed by atoms with E-state index in [2.05, 4.69) is 0 Å². The third-order valence-electron chi connectivity index (χ3n) is 1.94. The first-order valence-corrected chi connectivity index (χ1v) is 4.24. The molecule has 0 aliphatic heterocycles. The largest absolute Gasteiger partial charge is 0.325 e. The van der Waals surface area contributed by atoms with Crippen LogP contribution < -0.4 is 5.73 Å². The molecule has 0 fully saturated rings. The molecule has 0 radical (unpaired) electrons. The molecule has 0 aromatic heterocycles. The molecule has 0 bridgehead atoms. The molecule has 2 unspecified atom stereocenters. The summed E-state index contributed by atoms with van der Waals surface area (Å²) in [5.74, 6) is -0.370. The highest BCUT2D eigenvalue weighted by Crippen LogP contribution is 2.11. The predicted molar refractivity (Wildman–Crippen MR) is 48.6 cm³/mol. The van der Waals surface area contributed by atoms with Crippen molar-refractivity contribution in [1.82, 2.24) is 0 Å². The predicted octanol–water partition coefficient (Wildman–Crippen LogP) is 2.05. The molecule has 0 heterocycles. The van der Waals surface area contributed by atoms with Gasteiger partial charge in [-0.3, -0.25) is 0 Å². The highest BCUT2D eigenvalue weighted by molar-refractivity contribution is 5.18. The summed E-state index contributed by atoms with van der Waals surface area (Å²) < 4.78 is 26.1. The Hall–Kier alpha value is -0.960. The van der Waals surface area contributed by atoms with E-state index in [4.69, 9.17) is 5.73 Å². The summed E-state index contributed by atoms with van der Waals surface area (Å²) in [5.41, 5.74) is 5.72. The van der Waals surface area contributed by atoms with Crippen molar-refractivity contribution in [3.63, 3.8) is 0 Å². The van der Waals surface area contributed by atoms with Gasteiger partial charge in [-0.05, 0) is 18.6 Å². The Kier molecular flexibility index (Phi) is 3.37. The molecule has 1 aromatic rings. The van der Waals surface area contributed by atoms with Crippen molar-refractivity contribution < 1.29 is 8.78 Å². The van der Waals surface area contributed by atoms with Gasteiger partial charge in [0.2, 0.25) is 0 Å². The van der Waals surface area contributed by atoms with E-state index in [1.807, 2.05) is 0 Å². The highest BCUT2D eigenvalue weighted by atomic mass is 19.1. The van der Waals surface area contributed by atoms with Crippen LogP contribution in [0.15, 0.2) is 24.3 Å². The van der Waals surface area contributed by atoms with Crippen LogP contribution >= 0.6 is 0 Å². The fraction of sp³-hybridized carbons (Fsp3) is 0.400. The van der Waals surface area contributed by atoms with Gasteiger partial charge in [0, 0.05) is 12.5 Å². The lowest BCUT2D eigenvalue weighted by Gasteiger charge is -2.11. The van der Waals surface area contributed by atoms with Crippen molar-refractivity contribution in [2.45, 2.75) is 25.6 Å². The van der Waals surface area contributed by atoms with Crippen molar-refractivity contribution in [3.8, 4) is 0 Å². The summed E-state index contributed by atoms with van der Waals surface area (Å²) in [5, 5.41) is 0. The molecular weight excluding hydrogens is 172 g/mol. The topological polar surface area (TPSA) is 26.0 Å². The van der Waals surface area contributed by atoms with E-state index >= 15 is 0 Å². The zero-order valence-electron chi connectivity index (χ0n) is 7.50. The molecule has 1 nitrogen and oxygen atoms in total. The number of halogens is 2. The maximum absolute atomic E-state index is 13.1. The summed E-state index contributed by atoms with van der Waals surface area (Å²) in [7, 11) is 0. The Morgan fingerprint density at radius 1 is 1.38 bits per heavy atom. The first-order chi connectivity index (χ1) is 6.11. The Balaban J connectivity index is 2.69. The molecule has 0 saturated heterocycles. The van der Waals surface area contributed by atoms with Crippen molar-refractivity contribution >= 4 is 0 Å². The van der Waals surface area contributed by atoms with Crippen molar-refractivity contribution in [2.24, 2.45) is 5.73 Å². The summed E-state index contributed by atoms with van der Waals surface area (Å²) in [4.78, 5) is 0. The van der Waals surface area contributed by atoms with Crippen molar-refractivity contribution in [3.05, 3.63) is 35.6 Å². The van der Waals surface area contributed by atoms with E-state index in [0.29, 0.717) is 5.56 Å². The second-order valence-electron chi connectivity index (χ2n) is 3.17. The van der Waals surface area contributed by atoms with Crippen molar-refractivity contribution in [2.75, 3.05) is 0 Å². The van der Waals surface area contributed by atoms with Crippen LogP contribution in [0.25, 0.3) is 0 Å².